The Morgan fingerprint density at radius 1 is 1.44 bits per heavy atom. The van der Waals surface area contributed by atoms with Crippen molar-refractivity contribution in [3.63, 3.8) is 0 Å². The van der Waals surface area contributed by atoms with Crippen LogP contribution in [0.1, 0.15) is 29.1 Å². The van der Waals surface area contributed by atoms with Crippen LogP contribution in [0.5, 0.6) is 0 Å². The smallest absolute Gasteiger partial charge is 0.272 e. The van der Waals surface area contributed by atoms with Gasteiger partial charge in [0.25, 0.3) is 5.91 Å². The van der Waals surface area contributed by atoms with E-state index in [4.69, 9.17) is 16.0 Å². The van der Waals surface area contributed by atoms with Crippen molar-refractivity contribution in [2.45, 2.75) is 19.9 Å². The van der Waals surface area contributed by atoms with E-state index in [9.17, 15) is 4.79 Å². The third-order valence-electron chi connectivity index (χ3n) is 2.21. The van der Waals surface area contributed by atoms with E-state index in [-0.39, 0.29) is 23.3 Å². The van der Waals surface area contributed by atoms with Gasteiger partial charge in [0, 0.05) is 6.42 Å². The van der Waals surface area contributed by atoms with Crippen molar-refractivity contribution in [1.82, 2.24) is 20.5 Å². The summed E-state index contributed by atoms with van der Waals surface area (Å²) < 4.78 is 5.36. The molecule has 0 aliphatic heterocycles. The number of hydrogen-bond acceptors (Lipinski definition) is 5. The van der Waals surface area contributed by atoms with Crippen LogP contribution in [0.3, 0.4) is 0 Å². The highest BCUT2D eigenvalue weighted by molar-refractivity contribution is 6.29. The monoisotopic (exact) mass is 266 g/mol. The lowest BCUT2D eigenvalue weighted by atomic mass is 10.3. The molecule has 1 amide bonds. The van der Waals surface area contributed by atoms with Gasteiger partial charge in [0.15, 0.2) is 10.8 Å². The SMILES string of the molecule is CCc1cnc(CNC(=O)c2ccc(Cl)nn2)o1. The highest BCUT2D eigenvalue weighted by Crippen LogP contribution is 2.05. The topological polar surface area (TPSA) is 80.9 Å². The predicted molar refractivity (Wildman–Crippen MR) is 64.1 cm³/mol. The van der Waals surface area contributed by atoms with E-state index >= 15 is 0 Å². The second kappa shape index (κ2) is 5.59. The van der Waals surface area contributed by atoms with Gasteiger partial charge in [-0.05, 0) is 12.1 Å². The highest BCUT2D eigenvalue weighted by atomic mass is 35.5. The van der Waals surface area contributed by atoms with E-state index < -0.39 is 0 Å². The molecule has 0 aromatic carbocycles. The molecule has 0 saturated heterocycles. The zero-order chi connectivity index (χ0) is 13.0. The summed E-state index contributed by atoms with van der Waals surface area (Å²) in [6, 6.07) is 3.00. The van der Waals surface area contributed by atoms with Crippen LogP contribution in [0, 0.1) is 0 Å². The summed E-state index contributed by atoms with van der Waals surface area (Å²) in [5.41, 5.74) is 0.196. The van der Waals surface area contributed by atoms with Gasteiger partial charge in [0.05, 0.1) is 12.7 Å². The number of nitrogens with one attached hydrogen (secondary N) is 1. The lowest BCUT2D eigenvalue weighted by molar-refractivity contribution is 0.0941. The van der Waals surface area contributed by atoms with Crippen LogP contribution in [0.15, 0.2) is 22.7 Å². The zero-order valence-corrected chi connectivity index (χ0v) is 10.4. The summed E-state index contributed by atoms with van der Waals surface area (Å²) in [5, 5.41) is 10.1. The van der Waals surface area contributed by atoms with Crippen molar-refractivity contribution >= 4 is 17.5 Å². The van der Waals surface area contributed by atoms with E-state index in [0.717, 1.165) is 12.2 Å². The molecule has 2 rings (SSSR count). The van der Waals surface area contributed by atoms with Crippen LogP contribution in [-0.2, 0) is 13.0 Å². The van der Waals surface area contributed by atoms with Crippen LogP contribution in [0.25, 0.3) is 0 Å². The number of oxazole rings is 1. The molecule has 0 radical (unpaired) electrons. The Hall–Kier alpha value is -1.95. The van der Waals surface area contributed by atoms with Crippen LogP contribution in [0.2, 0.25) is 5.15 Å². The molecule has 2 heterocycles. The summed E-state index contributed by atoms with van der Waals surface area (Å²) in [5.74, 6) is 0.892. The Kier molecular flexibility index (Phi) is 3.88. The van der Waals surface area contributed by atoms with Crippen molar-refractivity contribution in [2.75, 3.05) is 0 Å². The Balaban J connectivity index is 1.93. The summed E-state index contributed by atoms with van der Waals surface area (Å²) >= 11 is 5.58. The van der Waals surface area contributed by atoms with E-state index in [2.05, 4.69) is 20.5 Å². The first-order valence-electron chi connectivity index (χ1n) is 5.40. The lowest BCUT2D eigenvalue weighted by Gasteiger charge is -2.01. The fourth-order valence-corrected chi connectivity index (χ4v) is 1.38. The van der Waals surface area contributed by atoms with E-state index in [1.165, 1.54) is 12.1 Å². The second-order valence-electron chi connectivity index (χ2n) is 3.50. The van der Waals surface area contributed by atoms with Crippen molar-refractivity contribution in [3.05, 3.63) is 40.8 Å². The van der Waals surface area contributed by atoms with Crippen molar-refractivity contribution in [2.24, 2.45) is 0 Å². The summed E-state index contributed by atoms with van der Waals surface area (Å²) in [6.45, 7) is 2.18. The minimum atomic E-state index is -0.351. The number of carbonyl (C=O) groups is 1. The Labute approximate surface area is 108 Å². The first kappa shape index (κ1) is 12.5. The van der Waals surface area contributed by atoms with Crippen LogP contribution in [0.4, 0.5) is 0 Å². The van der Waals surface area contributed by atoms with Gasteiger partial charge >= 0.3 is 0 Å². The molecular formula is C11H11ClN4O2. The molecule has 0 fully saturated rings. The molecule has 0 bridgehead atoms. The first-order valence-corrected chi connectivity index (χ1v) is 5.78. The number of halogens is 1. The first-order chi connectivity index (χ1) is 8.69. The fraction of sp³-hybridized carbons (Fsp3) is 0.273. The lowest BCUT2D eigenvalue weighted by Crippen LogP contribution is -2.24. The third-order valence-corrected chi connectivity index (χ3v) is 2.42. The number of rotatable bonds is 4. The number of carbonyl (C=O) groups excluding carboxylic acids is 1. The van der Waals surface area contributed by atoms with Gasteiger partial charge in [-0.1, -0.05) is 18.5 Å². The third kappa shape index (κ3) is 3.04. The maximum atomic E-state index is 11.7. The average Bonchev–Trinajstić information content (AvgIpc) is 2.85. The van der Waals surface area contributed by atoms with E-state index in [1.54, 1.807) is 6.20 Å². The Bertz CT molecular complexity index is 538. The minimum Gasteiger partial charge on any atom is -0.444 e. The normalized spacial score (nSPS) is 10.3. The molecule has 94 valence electrons. The molecule has 2 aromatic rings. The highest BCUT2D eigenvalue weighted by Gasteiger charge is 2.09. The van der Waals surface area contributed by atoms with E-state index in [0.29, 0.717) is 5.89 Å². The zero-order valence-electron chi connectivity index (χ0n) is 9.68. The van der Waals surface area contributed by atoms with Gasteiger partial charge < -0.3 is 9.73 Å². The summed E-state index contributed by atoms with van der Waals surface area (Å²) in [4.78, 5) is 15.7. The van der Waals surface area contributed by atoms with E-state index in [1.807, 2.05) is 6.92 Å². The quantitative estimate of drug-likeness (QED) is 0.909. The molecule has 6 nitrogen and oxygen atoms in total. The van der Waals surface area contributed by atoms with Crippen LogP contribution in [-0.4, -0.2) is 21.1 Å². The predicted octanol–water partition coefficient (Wildman–Crippen LogP) is 1.61. The van der Waals surface area contributed by atoms with Gasteiger partial charge in [-0.3, -0.25) is 4.79 Å². The Morgan fingerprint density at radius 3 is 2.89 bits per heavy atom. The van der Waals surface area contributed by atoms with Crippen molar-refractivity contribution < 1.29 is 9.21 Å². The van der Waals surface area contributed by atoms with Gasteiger partial charge in [-0.25, -0.2) is 4.98 Å². The van der Waals surface area contributed by atoms with Gasteiger partial charge in [-0.2, -0.15) is 0 Å². The minimum absolute atomic E-state index is 0.196. The number of aryl methyl sites for hydroxylation is 1. The molecule has 7 heteroatoms. The molecule has 0 atom stereocenters. The Morgan fingerprint density at radius 2 is 2.28 bits per heavy atom. The molecule has 0 saturated carbocycles. The molecule has 18 heavy (non-hydrogen) atoms. The molecule has 1 N–H and O–H groups in total. The molecule has 2 aromatic heterocycles. The number of amides is 1. The summed E-state index contributed by atoms with van der Waals surface area (Å²) in [7, 11) is 0. The number of nitrogens with zero attached hydrogens (tertiary/aromatic N) is 3. The molecular weight excluding hydrogens is 256 g/mol. The van der Waals surface area contributed by atoms with Gasteiger partial charge in [-0.15, -0.1) is 10.2 Å². The number of aromatic nitrogens is 3. The largest absolute Gasteiger partial charge is 0.444 e. The average molecular weight is 267 g/mol. The molecule has 0 aliphatic rings. The molecule has 0 aliphatic carbocycles. The van der Waals surface area contributed by atoms with Crippen LogP contribution < -0.4 is 5.32 Å². The van der Waals surface area contributed by atoms with Crippen LogP contribution >= 0.6 is 11.6 Å². The molecule has 0 unspecified atom stereocenters. The fourth-order valence-electron chi connectivity index (χ4n) is 1.28. The molecule has 0 spiro atoms. The van der Waals surface area contributed by atoms with Crippen molar-refractivity contribution in [3.8, 4) is 0 Å². The number of hydrogen-bond donors (Lipinski definition) is 1. The summed E-state index contributed by atoms with van der Waals surface area (Å²) in [6.07, 6.45) is 2.41. The standard InChI is InChI=1S/C11H11ClN4O2/c1-2-7-5-13-10(18-7)6-14-11(17)8-3-4-9(12)16-15-8/h3-5H,2,6H2,1H3,(H,14,17). The van der Waals surface area contributed by atoms with Gasteiger partial charge in [0.2, 0.25) is 5.89 Å². The van der Waals surface area contributed by atoms with Crippen molar-refractivity contribution in [1.29, 1.82) is 0 Å². The maximum absolute atomic E-state index is 11.7. The maximum Gasteiger partial charge on any atom is 0.272 e. The second-order valence-corrected chi connectivity index (χ2v) is 3.89. The van der Waals surface area contributed by atoms with Gasteiger partial charge in [0.1, 0.15) is 5.76 Å².